The molecule has 0 saturated carbocycles. The number of carbonyl (C=O) groups excluding carboxylic acids is 6. The van der Waals surface area contributed by atoms with Crippen LogP contribution in [-0.2, 0) is 28.8 Å². The van der Waals surface area contributed by atoms with Crippen molar-refractivity contribution in [2.45, 2.75) is 189 Å². The van der Waals surface area contributed by atoms with Gasteiger partial charge in [0.15, 0.2) is 30.7 Å². The molecule has 55 heavy (non-hydrogen) atoms. The molecule has 0 aliphatic rings. The quantitative estimate of drug-likeness (QED) is 0.0560. The predicted octanol–water partition coefficient (Wildman–Crippen LogP) is 13.6. The van der Waals surface area contributed by atoms with Gasteiger partial charge in [-0.2, -0.15) is 0 Å². The van der Waals surface area contributed by atoms with Gasteiger partial charge in [-0.25, -0.2) is 0 Å². The highest BCUT2D eigenvalue weighted by Gasteiger charge is 2.30. The van der Waals surface area contributed by atoms with E-state index in [0.29, 0.717) is 0 Å². The highest BCUT2D eigenvalue weighted by Crippen LogP contribution is 2.43. The van der Waals surface area contributed by atoms with Crippen LogP contribution in [-0.4, -0.2) is 65.2 Å². The van der Waals surface area contributed by atoms with Crippen LogP contribution in [0.4, 0.5) is 0 Å². The minimum Gasteiger partial charge on any atom is -0.288 e. The van der Waals surface area contributed by atoms with Gasteiger partial charge in [0.2, 0.25) is 0 Å². The summed E-state index contributed by atoms with van der Waals surface area (Å²) < 4.78 is 0. The molecule has 0 N–H and O–H groups in total. The van der Waals surface area contributed by atoms with E-state index in [1.54, 1.807) is 41.5 Å². The van der Waals surface area contributed by atoms with Crippen LogP contribution in [0.1, 0.15) is 189 Å². The lowest BCUT2D eigenvalue weighted by molar-refractivity contribution is -0.109. The molecule has 0 atom stereocenters. The van der Waals surface area contributed by atoms with Crippen LogP contribution in [0.3, 0.4) is 0 Å². The Morgan fingerprint density at radius 1 is 0.255 bits per heavy atom. The number of unbranched alkanes of at least 4 members (excludes halogenated alkanes) is 8. The summed E-state index contributed by atoms with van der Waals surface area (Å²) in [6, 6.07) is 0. The fourth-order valence-corrected chi connectivity index (χ4v) is 11.2. The van der Waals surface area contributed by atoms with Crippen molar-refractivity contribution >= 4 is 101 Å². The number of rotatable bonds is 36. The molecular formula is C43H76O6S6. The zero-order valence-corrected chi connectivity index (χ0v) is 40.3. The van der Waals surface area contributed by atoms with Crippen LogP contribution in [0, 0.1) is 10.8 Å². The monoisotopic (exact) mass is 880 g/mol. The molecule has 0 aromatic carbocycles. The van der Waals surface area contributed by atoms with Gasteiger partial charge in [0.05, 0.1) is 0 Å². The Bertz CT molecular complexity index is 892. The van der Waals surface area contributed by atoms with Crippen molar-refractivity contribution in [3.63, 3.8) is 0 Å². The standard InChI is InChI=1S/C43H76O6S6/c1-36(44)50-30-16-24-42(25-17-31-51-37(2)45,26-18-32-52-38(3)46)22-14-12-10-8-7-9-11-13-15-23-43(27-19-33-53-39(4)47,28-20-34-54-40(5)48)29-21-35-55-41(6)49/h7-35H2,1-6H3. The Kier molecular flexibility index (Phi) is 36.1. The minimum absolute atomic E-state index is 0.180. The Labute approximate surface area is 362 Å². The zero-order chi connectivity index (χ0) is 41.2. The van der Waals surface area contributed by atoms with Gasteiger partial charge in [0.1, 0.15) is 0 Å². The van der Waals surface area contributed by atoms with Crippen molar-refractivity contribution in [2.24, 2.45) is 10.8 Å². The van der Waals surface area contributed by atoms with Crippen LogP contribution < -0.4 is 0 Å². The molecular weight excluding hydrogens is 805 g/mol. The number of hydrogen-bond acceptors (Lipinski definition) is 12. The van der Waals surface area contributed by atoms with Crippen molar-refractivity contribution in [3.05, 3.63) is 0 Å². The molecule has 0 saturated heterocycles. The van der Waals surface area contributed by atoms with Crippen molar-refractivity contribution in [1.29, 1.82) is 0 Å². The lowest BCUT2D eigenvalue weighted by Crippen LogP contribution is -2.22. The average molecular weight is 881 g/mol. The maximum Gasteiger partial charge on any atom is 0.185 e. The fraction of sp³-hybridized carbons (Fsp3) is 0.860. The molecule has 0 radical (unpaired) electrons. The molecule has 0 amide bonds. The van der Waals surface area contributed by atoms with Gasteiger partial charge < -0.3 is 0 Å². The van der Waals surface area contributed by atoms with E-state index in [-0.39, 0.29) is 41.5 Å². The zero-order valence-electron chi connectivity index (χ0n) is 35.4. The van der Waals surface area contributed by atoms with Gasteiger partial charge in [-0.1, -0.05) is 128 Å². The van der Waals surface area contributed by atoms with Gasteiger partial charge in [0.25, 0.3) is 0 Å². The SMILES string of the molecule is CC(=O)SCCCC(CCCCCCCCCCCC(CCCSC(C)=O)(CCCSC(C)=O)CCCSC(C)=O)(CCCSC(C)=O)CCCSC(C)=O. The smallest absolute Gasteiger partial charge is 0.185 e. The lowest BCUT2D eigenvalue weighted by Gasteiger charge is -2.35. The van der Waals surface area contributed by atoms with Crippen molar-refractivity contribution in [2.75, 3.05) is 34.5 Å². The van der Waals surface area contributed by atoms with Crippen LogP contribution in [0.15, 0.2) is 0 Å². The molecule has 0 fully saturated rings. The van der Waals surface area contributed by atoms with Crippen LogP contribution in [0.5, 0.6) is 0 Å². The summed E-state index contributed by atoms with van der Waals surface area (Å²) in [5.41, 5.74) is 0.429. The van der Waals surface area contributed by atoms with Crippen LogP contribution in [0.2, 0.25) is 0 Å². The molecule has 0 aromatic rings. The topological polar surface area (TPSA) is 102 Å². The third-order valence-corrected chi connectivity index (χ3v) is 15.8. The first-order valence-corrected chi connectivity index (χ1v) is 26.9. The Morgan fingerprint density at radius 3 is 0.564 bits per heavy atom. The molecule has 0 aromatic heterocycles. The van der Waals surface area contributed by atoms with E-state index < -0.39 is 0 Å². The maximum atomic E-state index is 11.6. The van der Waals surface area contributed by atoms with Gasteiger partial charge >= 0.3 is 0 Å². The molecule has 0 unspecified atom stereocenters. The molecule has 0 aliphatic heterocycles. The summed E-state index contributed by atoms with van der Waals surface area (Å²) in [6.45, 7) is 9.86. The highest BCUT2D eigenvalue weighted by molar-refractivity contribution is 8.14. The third kappa shape index (κ3) is 35.8. The number of hydrogen-bond donors (Lipinski definition) is 0. The summed E-state index contributed by atoms with van der Waals surface area (Å²) in [4.78, 5) is 69.5. The van der Waals surface area contributed by atoms with E-state index in [2.05, 4.69) is 0 Å². The predicted molar refractivity (Wildman–Crippen MR) is 250 cm³/mol. The van der Waals surface area contributed by atoms with E-state index in [0.717, 1.165) is 112 Å². The number of carbonyl (C=O) groups is 6. The molecule has 0 bridgehead atoms. The number of thioether (sulfide) groups is 6. The first kappa shape index (κ1) is 55.1. The van der Waals surface area contributed by atoms with E-state index in [9.17, 15) is 28.8 Å². The highest BCUT2D eigenvalue weighted by atomic mass is 32.2. The molecule has 12 heteroatoms. The van der Waals surface area contributed by atoms with Gasteiger partial charge in [-0.15, -0.1) is 0 Å². The normalized spacial score (nSPS) is 11.9. The van der Waals surface area contributed by atoms with Crippen molar-refractivity contribution < 1.29 is 28.8 Å². The van der Waals surface area contributed by atoms with Crippen LogP contribution >= 0.6 is 70.6 Å². The first-order chi connectivity index (χ1) is 26.2. The van der Waals surface area contributed by atoms with Gasteiger partial charge in [0, 0.05) is 76.1 Å². The summed E-state index contributed by atoms with van der Waals surface area (Å²) in [5.74, 6) is 5.19. The Balaban J connectivity index is 5.02. The molecule has 0 heterocycles. The summed E-state index contributed by atoms with van der Waals surface area (Å²) in [7, 11) is 0. The molecule has 0 rings (SSSR count). The van der Waals surface area contributed by atoms with E-state index in [1.165, 1.54) is 141 Å². The third-order valence-electron chi connectivity index (χ3n) is 10.4. The maximum absolute atomic E-state index is 11.6. The summed E-state index contributed by atoms with van der Waals surface area (Å²) in [6.07, 6.45) is 26.4. The Hall–Kier alpha value is 0.120. The van der Waals surface area contributed by atoms with E-state index in [1.807, 2.05) is 0 Å². The van der Waals surface area contributed by atoms with E-state index in [4.69, 9.17) is 0 Å². The van der Waals surface area contributed by atoms with Gasteiger partial charge in [-0.3, -0.25) is 28.8 Å². The molecule has 320 valence electrons. The van der Waals surface area contributed by atoms with E-state index >= 15 is 0 Å². The van der Waals surface area contributed by atoms with Crippen molar-refractivity contribution in [1.82, 2.24) is 0 Å². The van der Waals surface area contributed by atoms with Gasteiger partial charge in [-0.05, 0) is 101 Å². The van der Waals surface area contributed by atoms with Crippen molar-refractivity contribution in [3.8, 4) is 0 Å². The largest absolute Gasteiger partial charge is 0.288 e. The Morgan fingerprint density at radius 2 is 0.400 bits per heavy atom. The molecule has 0 aliphatic carbocycles. The minimum atomic E-state index is 0.180. The lowest BCUT2D eigenvalue weighted by atomic mass is 9.72. The second-order valence-corrected chi connectivity index (χ2v) is 23.0. The first-order valence-electron chi connectivity index (χ1n) is 21.0. The fourth-order valence-electron chi connectivity index (χ4n) is 7.72. The van der Waals surface area contributed by atoms with Crippen LogP contribution in [0.25, 0.3) is 0 Å². The molecule has 6 nitrogen and oxygen atoms in total. The average Bonchev–Trinajstić information content (AvgIpc) is 3.11. The summed E-state index contributed by atoms with van der Waals surface area (Å²) in [5, 5.41) is 1.08. The second kappa shape index (κ2) is 36.0. The summed E-state index contributed by atoms with van der Waals surface area (Å²) >= 11 is 8.56. The second-order valence-electron chi connectivity index (χ2n) is 15.3. The molecule has 0 spiro atoms.